The van der Waals surface area contributed by atoms with Crippen LogP contribution in [0.25, 0.3) is 0 Å². The molecule has 1 aromatic carbocycles. The molecule has 1 atom stereocenters. The van der Waals surface area contributed by atoms with Gasteiger partial charge < -0.3 is 15.8 Å². The summed E-state index contributed by atoms with van der Waals surface area (Å²) in [7, 11) is 1.58. The van der Waals surface area contributed by atoms with Crippen LogP contribution in [-0.2, 0) is 11.3 Å². The Kier molecular flexibility index (Phi) is 5.65. The van der Waals surface area contributed by atoms with E-state index in [4.69, 9.17) is 10.5 Å². The normalized spacial score (nSPS) is 12.0. The third kappa shape index (κ3) is 3.74. The fraction of sp³-hybridized carbons (Fsp3) is 0.500. The van der Waals surface area contributed by atoms with Crippen LogP contribution in [0.5, 0.6) is 5.75 Å². The van der Waals surface area contributed by atoms with Crippen molar-refractivity contribution >= 4 is 11.6 Å². The molecular weight excluding hydrogens is 228 g/mol. The maximum Gasteiger partial charge on any atom is 0.227 e. The number of anilines is 1. The second kappa shape index (κ2) is 7.01. The minimum atomic E-state index is 0.00823. The first-order valence-corrected chi connectivity index (χ1v) is 6.30. The maximum atomic E-state index is 11.9. The Morgan fingerprint density at radius 3 is 2.78 bits per heavy atom. The van der Waals surface area contributed by atoms with Crippen molar-refractivity contribution in [2.24, 2.45) is 11.7 Å². The Bertz CT molecular complexity index is 405. The van der Waals surface area contributed by atoms with Gasteiger partial charge in [-0.25, -0.2) is 0 Å². The molecule has 0 aliphatic heterocycles. The Balaban J connectivity index is 2.80. The molecule has 3 N–H and O–H groups in total. The van der Waals surface area contributed by atoms with Gasteiger partial charge in [0.25, 0.3) is 0 Å². The molecule has 0 saturated heterocycles. The zero-order valence-electron chi connectivity index (χ0n) is 11.3. The van der Waals surface area contributed by atoms with Gasteiger partial charge >= 0.3 is 0 Å². The van der Waals surface area contributed by atoms with Gasteiger partial charge in [-0.15, -0.1) is 0 Å². The number of carbonyl (C=O) groups is 1. The molecule has 1 aromatic rings. The van der Waals surface area contributed by atoms with Gasteiger partial charge in [-0.2, -0.15) is 0 Å². The van der Waals surface area contributed by atoms with Crippen molar-refractivity contribution in [2.45, 2.75) is 33.2 Å². The van der Waals surface area contributed by atoms with Crippen LogP contribution in [0.3, 0.4) is 0 Å². The molecule has 0 aromatic heterocycles. The number of ether oxygens (including phenoxy) is 1. The molecule has 0 bridgehead atoms. The van der Waals surface area contributed by atoms with Gasteiger partial charge in [0.05, 0.1) is 12.8 Å². The van der Waals surface area contributed by atoms with Crippen LogP contribution in [0.15, 0.2) is 18.2 Å². The molecule has 0 radical (unpaired) electrons. The summed E-state index contributed by atoms with van der Waals surface area (Å²) < 4.78 is 5.26. The van der Waals surface area contributed by atoms with Gasteiger partial charge in [-0.05, 0) is 24.1 Å². The van der Waals surface area contributed by atoms with Crippen LogP contribution >= 0.6 is 0 Å². The highest BCUT2D eigenvalue weighted by atomic mass is 16.5. The second-order valence-electron chi connectivity index (χ2n) is 4.42. The largest absolute Gasteiger partial charge is 0.495 e. The van der Waals surface area contributed by atoms with Gasteiger partial charge in [-0.3, -0.25) is 4.79 Å². The van der Waals surface area contributed by atoms with Gasteiger partial charge in [0.15, 0.2) is 0 Å². The SMILES string of the molecule is CCCC(C)C(=O)Nc1ccc(CN)cc1OC. The van der Waals surface area contributed by atoms with Gasteiger partial charge in [-0.1, -0.05) is 26.3 Å². The van der Waals surface area contributed by atoms with E-state index in [0.29, 0.717) is 18.0 Å². The van der Waals surface area contributed by atoms with Crippen molar-refractivity contribution in [1.29, 1.82) is 0 Å². The maximum absolute atomic E-state index is 11.9. The molecule has 18 heavy (non-hydrogen) atoms. The molecule has 4 heteroatoms. The minimum absolute atomic E-state index is 0.00823. The Labute approximate surface area is 109 Å². The number of benzene rings is 1. The molecule has 100 valence electrons. The first-order chi connectivity index (χ1) is 8.62. The number of hydrogen-bond acceptors (Lipinski definition) is 3. The van der Waals surface area contributed by atoms with E-state index in [2.05, 4.69) is 12.2 Å². The van der Waals surface area contributed by atoms with E-state index in [1.165, 1.54) is 0 Å². The number of hydrogen-bond donors (Lipinski definition) is 2. The molecule has 0 aliphatic rings. The lowest BCUT2D eigenvalue weighted by Crippen LogP contribution is -2.20. The molecule has 0 fully saturated rings. The quantitative estimate of drug-likeness (QED) is 0.815. The number of amides is 1. The summed E-state index contributed by atoms with van der Waals surface area (Å²) in [5.74, 6) is 0.680. The number of rotatable bonds is 6. The number of nitrogens with one attached hydrogen (secondary N) is 1. The van der Waals surface area contributed by atoms with Gasteiger partial charge in [0.2, 0.25) is 5.91 Å². The monoisotopic (exact) mass is 250 g/mol. The van der Waals surface area contributed by atoms with Crippen LogP contribution in [0.4, 0.5) is 5.69 Å². The third-order valence-corrected chi connectivity index (χ3v) is 2.93. The van der Waals surface area contributed by atoms with Crippen LogP contribution in [0.1, 0.15) is 32.3 Å². The van der Waals surface area contributed by atoms with Crippen molar-refractivity contribution in [1.82, 2.24) is 0 Å². The second-order valence-corrected chi connectivity index (χ2v) is 4.42. The lowest BCUT2D eigenvalue weighted by atomic mass is 10.1. The predicted molar refractivity (Wildman–Crippen MR) is 73.6 cm³/mol. The lowest BCUT2D eigenvalue weighted by molar-refractivity contribution is -0.119. The molecule has 0 aliphatic carbocycles. The van der Waals surface area contributed by atoms with Crippen molar-refractivity contribution in [2.75, 3.05) is 12.4 Å². The third-order valence-electron chi connectivity index (χ3n) is 2.93. The Morgan fingerprint density at radius 2 is 2.22 bits per heavy atom. The number of methoxy groups -OCH3 is 1. The summed E-state index contributed by atoms with van der Waals surface area (Å²) in [4.78, 5) is 11.9. The highest BCUT2D eigenvalue weighted by molar-refractivity contribution is 5.93. The smallest absolute Gasteiger partial charge is 0.227 e. The van der Waals surface area contributed by atoms with Crippen LogP contribution < -0.4 is 15.8 Å². The molecule has 1 amide bonds. The molecule has 4 nitrogen and oxygen atoms in total. The van der Waals surface area contributed by atoms with Crippen LogP contribution in [0.2, 0.25) is 0 Å². The van der Waals surface area contributed by atoms with Crippen molar-refractivity contribution in [3.05, 3.63) is 23.8 Å². The fourth-order valence-corrected chi connectivity index (χ4v) is 1.79. The predicted octanol–water partition coefficient (Wildman–Crippen LogP) is 2.53. The minimum Gasteiger partial charge on any atom is -0.495 e. The van der Waals surface area contributed by atoms with Gasteiger partial charge in [0, 0.05) is 12.5 Å². The first-order valence-electron chi connectivity index (χ1n) is 6.30. The summed E-state index contributed by atoms with van der Waals surface area (Å²) in [6, 6.07) is 5.57. The molecule has 0 spiro atoms. The van der Waals surface area contributed by atoms with E-state index in [1.807, 2.05) is 25.1 Å². The van der Waals surface area contributed by atoms with E-state index in [-0.39, 0.29) is 11.8 Å². The van der Waals surface area contributed by atoms with E-state index in [0.717, 1.165) is 18.4 Å². The van der Waals surface area contributed by atoms with Crippen molar-refractivity contribution in [3.8, 4) is 5.75 Å². The lowest BCUT2D eigenvalue weighted by Gasteiger charge is -2.14. The zero-order valence-corrected chi connectivity index (χ0v) is 11.3. The average molecular weight is 250 g/mol. The summed E-state index contributed by atoms with van der Waals surface area (Å²) in [5, 5.41) is 2.89. The Hall–Kier alpha value is -1.55. The molecular formula is C14H22N2O2. The van der Waals surface area contributed by atoms with E-state index >= 15 is 0 Å². The van der Waals surface area contributed by atoms with Crippen molar-refractivity contribution in [3.63, 3.8) is 0 Å². The first kappa shape index (κ1) is 14.5. The summed E-state index contributed by atoms with van der Waals surface area (Å²) in [6.07, 6.45) is 1.88. The van der Waals surface area contributed by atoms with E-state index in [1.54, 1.807) is 7.11 Å². The van der Waals surface area contributed by atoms with E-state index in [9.17, 15) is 4.79 Å². The van der Waals surface area contributed by atoms with E-state index < -0.39 is 0 Å². The topological polar surface area (TPSA) is 64.4 Å². The molecule has 1 rings (SSSR count). The number of carbonyl (C=O) groups excluding carboxylic acids is 1. The molecule has 0 saturated carbocycles. The van der Waals surface area contributed by atoms with Crippen LogP contribution in [-0.4, -0.2) is 13.0 Å². The average Bonchev–Trinajstić information content (AvgIpc) is 2.39. The summed E-state index contributed by atoms with van der Waals surface area (Å²) in [6.45, 7) is 4.46. The number of nitrogens with two attached hydrogens (primary N) is 1. The highest BCUT2D eigenvalue weighted by Crippen LogP contribution is 2.26. The summed E-state index contributed by atoms with van der Waals surface area (Å²) >= 11 is 0. The fourth-order valence-electron chi connectivity index (χ4n) is 1.79. The highest BCUT2D eigenvalue weighted by Gasteiger charge is 2.14. The molecule has 0 heterocycles. The van der Waals surface area contributed by atoms with Crippen molar-refractivity contribution < 1.29 is 9.53 Å². The van der Waals surface area contributed by atoms with Gasteiger partial charge in [0.1, 0.15) is 5.75 Å². The summed E-state index contributed by atoms with van der Waals surface area (Å²) in [5.41, 5.74) is 7.24. The van der Waals surface area contributed by atoms with Crippen LogP contribution in [0, 0.1) is 5.92 Å². The standard InChI is InChI=1S/C14H22N2O2/c1-4-5-10(2)14(17)16-12-7-6-11(9-15)8-13(12)18-3/h6-8,10H,4-5,9,15H2,1-3H3,(H,16,17). The Morgan fingerprint density at radius 1 is 1.50 bits per heavy atom. The zero-order chi connectivity index (χ0) is 13.5. The molecule has 1 unspecified atom stereocenters.